The SMILES string of the molecule is S=C(Nc1ccc(Cl)c(Cl)c1)Nc1ccc2[nH]ncc2c1. The molecule has 3 aromatic rings. The predicted octanol–water partition coefficient (Wildman–Crippen LogP) is 4.68. The Kier molecular flexibility index (Phi) is 3.96. The van der Waals surface area contributed by atoms with Crippen LogP contribution in [0.25, 0.3) is 10.9 Å². The van der Waals surface area contributed by atoms with Crippen molar-refractivity contribution in [2.24, 2.45) is 0 Å². The summed E-state index contributed by atoms with van der Waals surface area (Å²) in [4.78, 5) is 0. The summed E-state index contributed by atoms with van der Waals surface area (Å²) in [5, 5.41) is 15.5. The fourth-order valence-electron chi connectivity index (χ4n) is 1.89. The largest absolute Gasteiger partial charge is 0.332 e. The second-order valence-electron chi connectivity index (χ2n) is 4.38. The number of aromatic nitrogens is 2. The standard InChI is InChI=1S/C14H10Cl2N4S/c15-11-3-1-10(6-12(11)16)19-14(21)18-9-2-4-13-8(5-9)7-17-20-13/h1-7H,(H,17,20)(H2,18,19,21). The number of thiocarbonyl (C=S) groups is 1. The maximum Gasteiger partial charge on any atom is 0.175 e. The minimum Gasteiger partial charge on any atom is -0.332 e. The summed E-state index contributed by atoms with van der Waals surface area (Å²) in [6, 6.07) is 11.1. The first kappa shape index (κ1) is 14.1. The molecule has 0 saturated carbocycles. The molecule has 106 valence electrons. The highest BCUT2D eigenvalue weighted by molar-refractivity contribution is 7.80. The van der Waals surface area contributed by atoms with E-state index in [4.69, 9.17) is 35.4 Å². The zero-order valence-electron chi connectivity index (χ0n) is 10.7. The van der Waals surface area contributed by atoms with E-state index in [9.17, 15) is 0 Å². The van der Waals surface area contributed by atoms with Gasteiger partial charge in [0.25, 0.3) is 0 Å². The Morgan fingerprint density at radius 1 is 1.00 bits per heavy atom. The van der Waals surface area contributed by atoms with Gasteiger partial charge in [0, 0.05) is 16.8 Å². The van der Waals surface area contributed by atoms with Gasteiger partial charge >= 0.3 is 0 Å². The van der Waals surface area contributed by atoms with Crippen molar-refractivity contribution in [3.8, 4) is 0 Å². The van der Waals surface area contributed by atoms with Crippen LogP contribution in [-0.2, 0) is 0 Å². The lowest BCUT2D eigenvalue weighted by Gasteiger charge is -2.11. The molecule has 3 N–H and O–H groups in total. The second-order valence-corrected chi connectivity index (χ2v) is 5.60. The van der Waals surface area contributed by atoms with Crippen LogP contribution in [0.3, 0.4) is 0 Å². The second kappa shape index (κ2) is 5.89. The lowest BCUT2D eigenvalue weighted by molar-refractivity contribution is 1.12. The molecule has 1 heterocycles. The third kappa shape index (κ3) is 3.26. The van der Waals surface area contributed by atoms with E-state index in [0.29, 0.717) is 15.2 Å². The predicted molar refractivity (Wildman–Crippen MR) is 92.4 cm³/mol. The van der Waals surface area contributed by atoms with E-state index in [1.165, 1.54) is 0 Å². The monoisotopic (exact) mass is 336 g/mol. The molecule has 0 aliphatic heterocycles. The first-order chi connectivity index (χ1) is 10.1. The topological polar surface area (TPSA) is 52.7 Å². The number of hydrogen-bond donors (Lipinski definition) is 3. The number of aromatic amines is 1. The summed E-state index contributed by atoms with van der Waals surface area (Å²) < 4.78 is 0. The van der Waals surface area contributed by atoms with Crippen LogP contribution < -0.4 is 10.6 Å². The Balaban J connectivity index is 1.71. The fourth-order valence-corrected chi connectivity index (χ4v) is 2.42. The number of anilines is 2. The van der Waals surface area contributed by atoms with Gasteiger partial charge in [-0.15, -0.1) is 0 Å². The molecule has 21 heavy (non-hydrogen) atoms. The number of halogens is 2. The maximum atomic E-state index is 5.96. The normalized spacial score (nSPS) is 10.6. The summed E-state index contributed by atoms with van der Waals surface area (Å²) in [5.74, 6) is 0. The number of H-pyrrole nitrogens is 1. The smallest absolute Gasteiger partial charge is 0.175 e. The molecule has 2 aromatic carbocycles. The maximum absolute atomic E-state index is 5.96. The molecule has 1 aromatic heterocycles. The van der Waals surface area contributed by atoms with Crippen molar-refractivity contribution in [3.63, 3.8) is 0 Å². The van der Waals surface area contributed by atoms with E-state index < -0.39 is 0 Å². The average Bonchev–Trinajstić information content (AvgIpc) is 2.90. The highest BCUT2D eigenvalue weighted by Crippen LogP contribution is 2.25. The van der Waals surface area contributed by atoms with Crippen LogP contribution in [0.4, 0.5) is 11.4 Å². The Bertz CT molecular complexity index is 816. The Morgan fingerprint density at radius 3 is 2.48 bits per heavy atom. The molecule has 0 saturated heterocycles. The number of hydrogen-bond acceptors (Lipinski definition) is 2. The van der Waals surface area contributed by atoms with Crippen LogP contribution in [0.1, 0.15) is 0 Å². The minimum absolute atomic E-state index is 0.469. The van der Waals surface area contributed by atoms with Crippen LogP contribution in [0, 0.1) is 0 Å². The molecule has 0 bridgehead atoms. The Labute approximate surface area is 136 Å². The molecule has 0 aliphatic carbocycles. The molecule has 0 amide bonds. The van der Waals surface area contributed by atoms with Gasteiger partial charge in [-0.05, 0) is 48.6 Å². The molecule has 3 rings (SSSR count). The van der Waals surface area contributed by atoms with Gasteiger partial charge in [-0.1, -0.05) is 23.2 Å². The van der Waals surface area contributed by atoms with Gasteiger partial charge in [0.05, 0.1) is 21.8 Å². The van der Waals surface area contributed by atoms with E-state index in [1.54, 1.807) is 18.3 Å². The molecule has 0 aliphatic rings. The molecule has 0 fully saturated rings. The summed E-state index contributed by atoms with van der Waals surface area (Å²) in [5.41, 5.74) is 2.62. The quantitative estimate of drug-likeness (QED) is 0.595. The van der Waals surface area contributed by atoms with Gasteiger partial charge in [-0.25, -0.2) is 0 Å². The zero-order valence-corrected chi connectivity index (χ0v) is 13.0. The molecular formula is C14H10Cl2N4S. The van der Waals surface area contributed by atoms with Crippen molar-refractivity contribution in [2.75, 3.05) is 10.6 Å². The summed E-state index contributed by atoms with van der Waals surface area (Å²) >= 11 is 17.1. The molecule has 0 spiro atoms. The van der Waals surface area contributed by atoms with E-state index >= 15 is 0 Å². The minimum atomic E-state index is 0.469. The molecule has 4 nitrogen and oxygen atoms in total. The van der Waals surface area contributed by atoms with Crippen LogP contribution in [0.15, 0.2) is 42.6 Å². The van der Waals surface area contributed by atoms with Gasteiger partial charge < -0.3 is 10.6 Å². The van der Waals surface area contributed by atoms with Crippen LogP contribution >= 0.6 is 35.4 Å². The fraction of sp³-hybridized carbons (Fsp3) is 0. The summed E-state index contributed by atoms with van der Waals surface area (Å²) in [7, 11) is 0. The molecule has 0 unspecified atom stereocenters. The number of nitrogens with zero attached hydrogens (tertiary/aromatic N) is 1. The molecule has 0 radical (unpaired) electrons. The van der Waals surface area contributed by atoms with Crippen molar-refractivity contribution in [3.05, 3.63) is 52.6 Å². The van der Waals surface area contributed by atoms with E-state index in [-0.39, 0.29) is 0 Å². The zero-order chi connectivity index (χ0) is 14.8. The van der Waals surface area contributed by atoms with Crippen LogP contribution in [-0.4, -0.2) is 15.3 Å². The summed E-state index contributed by atoms with van der Waals surface area (Å²) in [6.07, 6.45) is 1.76. The van der Waals surface area contributed by atoms with Gasteiger partial charge in [0.15, 0.2) is 5.11 Å². The molecular weight excluding hydrogens is 327 g/mol. The number of fused-ring (bicyclic) bond motifs is 1. The van der Waals surface area contributed by atoms with Crippen LogP contribution in [0.2, 0.25) is 10.0 Å². The van der Waals surface area contributed by atoms with Crippen molar-refractivity contribution >= 4 is 62.8 Å². The Morgan fingerprint density at radius 2 is 1.71 bits per heavy atom. The van der Waals surface area contributed by atoms with Gasteiger partial charge in [-0.3, -0.25) is 5.10 Å². The highest BCUT2D eigenvalue weighted by Gasteiger charge is 2.03. The molecule has 7 heteroatoms. The number of rotatable bonds is 2. The van der Waals surface area contributed by atoms with Gasteiger partial charge in [0.1, 0.15) is 0 Å². The van der Waals surface area contributed by atoms with Crippen molar-refractivity contribution in [2.45, 2.75) is 0 Å². The Hall–Kier alpha value is -1.82. The van der Waals surface area contributed by atoms with Crippen molar-refractivity contribution < 1.29 is 0 Å². The van der Waals surface area contributed by atoms with E-state index in [1.807, 2.05) is 24.3 Å². The third-order valence-electron chi connectivity index (χ3n) is 2.88. The first-order valence-electron chi connectivity index (χ1n) is 6.08. The number of benzene rings is 2. The van der Waals surface area contributed by atoms with Gasteiger partial charge in [0.2, 0.25) is 0 Å². The lowest BCUT2D eigenvalue weighted by atomic mass is 10.2. The summed E-state index contributed by atoms with van der Waals surface area (Å²) in [6.45, 7) is 0. The van der Waals surface area contributed by atoms with E-state index in [2.05, 4.69) is 20.8 Å². The van der Waals surface area contributed by atoms with Crippen LogP contribution in [0.5, 0.6) is 0 Å². The highest BCUT2D eigenvalue weighted by atomic mass is 35.5. The van der Waals surface area contributed by atoms with Crippen molar-refractivity contribution in [1.29, 1.82) is 0 Å². The van der Waals surface area contributed by atoms with Gasteiger partial charge in [-0.2, -0.15) is 5.10 Å². The lowest BCUT2D eigenvalue weighted by Crippen LogP contribution is -2.18. The van der Waals surface area contributed by atoms with E-state index in [0.717, 1.165) is 22.3 Å². The molecule has 0 atom stereocenters. The average molecular weight is 337 g/mol. The first-order valence-corrected chi connectivity index (χ1v) is 7.24. The number of nitrogens with one attached hydrogen (secondary N) is 3. The third-order valence-corrected chi connectivity index (χ3v) is 3.82. The van der Waals surface area contributed by atoms with Crippen molar-refractivity contribution in [1.82, 2.24) is 10.2 Å².